The van der Waals surface area contributed by atoms with E-state index in [0.29, 0.717) is 31.1 Å². The van der Waals surface area contributed by atoms with Crippen LogP contribution in [-0.2, 0) is 4.79 Å². The second kappa shape index (κ2) is 8.03. The van der Waals surface area contributed by atoms with Gasteiger partial charge in [-0.05, 0) is 38.1 Å². The predicted octanol–water partition coefficient (Wildman–Crippen LogP) is 1.79. The van der Waals surface area contributed by atoms with Crippen LogP contribution in [0.5, 0.6) is 5.75 Å². The Kier molecular flexibility index (Phi) is 5.54. The molecule has 2 amide bonds. The van der Waals surface area contributed by atoms with Crippen LogP contribution >= 0.6 is 0 Å². The minimum Gasteiger partial charge on any atom is -0.497 e. The number of amides is 2. The highest BCUT2D eigenvalue weighted by molar-refractivity contribution is 6.03. The molecule has 142 valence electrons. The fourth-order valence-electron chi connectivity index (χ4n) is 3.02. The van der Waals surface area contributed by atoms with Crippen LogP contribution in [0.4, 0.5) is 11.6 Å². The Balaban J connectivity index is 1.72. The van der Waals surface area contributed by atoms with E-state index in [1.165, 1.54) is 12.4 Å². The SMILES string of the molecule is CCNc1ncc(C(=O)N2CCN(c3ccc(OC)cc3)C(=O)C2C)cn1. The van der Waals surface area contributed by atoms with Crippen LogP contribution in [0.1, 0.15) is 24.2 Å². The minimum atomic E-state index is -0.568. The zero-order chi connectivity index (χ0) is 19.4. The van der Waals surface area contributed by atoms with Gasteiger partial charge in [0.25, 0.3) is 5.91 Å². The van der Waals surface area contributed by atoms with Crippen molar-refractivity contribution in [3.8, 4) is 5.75 Å². The third-order valence-electron chi connectivity index (χ3n) is 4.53. The van der Waals surface area contributed by atoms with Crippen molar-refractivity contribution in [1.29, 1.82) is 0 Å². The number of aromatic nitrogens is 2. The van der Waals surface area contributed by atoms with Gasteiger partial charge in [0, 0.05) is 37.7 Å². The molecule has 2 aromatic rings. The van der Waals surface area contributed by atoms with Crippen molar-refractivity contribution in [3.63, 3.8) is 0 Å². The molecule has 27 heavy (non-hydrogen) atoms. The van der Waals surface area contributed by atoms with Crippen LogP contribution in [0.2, 0.25) is 0 Å². The number of ether oxygens (including phenoxy) is 1. The molecule has 1 aromatic carbocycles. The maximum Gasteiger partial charge on any atom is 0.257 e. The minimum absolute atomic E-state index is 0.120. The molecule has 1 fully saturated rings. The topological polar surface area (TPSA) is 87.7 Å². The number of methoxy groups -OCH3 is 1. The Morgan fingerprint density at radius 2 is 1.89 bits per heavy atom. The third kappa shape index (κ3) is 3.84. The summed E-state index contributed by atoms with van der Waals surface area (Å²) in [6.07, 6.45) is 2.97. The molecule has 0 aliphatic carbocycles. The Bertz CT molecular complexity index is 807. The Morgan fingerprint density at radius 3 is 2.48 bits per heavy atom. The summed E-state index contributed by atoms with van der Waals surface area (Å²) in [5, 5.41) is 2.98. The Hall–Kier alpha value is -3.16. The smallest absolute Gasteiger partial charge is 0.257 e. The van der Waals surface area contributed by atoms with Gasteiger partial charge < -0.3 is 19.9 Å². The first-order valence-corrected chi connectivity index (χ1v) is 8.87. The highest BCUT2D eigenvalue weighted by atomic mass is 16.5. The van der Waals surface area contributed by atoms with Crippen molar-refractivity contribution in [1.82, 2.24) is 14.9 Å². The quantitative estimate of drug-likeness (QED) is 0.865. The van der Waals surface area contributed by atoms with Crippen molar-refractivity contribution in [2.24, 2.45) is 0 Å². The zero-order valence-electron chi connectivity index (χ0n) is 15.7. The van der Waals surface area contributed by atoms with Crippen LogP contribution in [0.15, 0.2) is 36.7 Å². The van der Waals surface area contributed by atoms with Crippen molar-refractivity contribution in [2.45, 2.75) is 19.9 Å². The lowest BCUT2D eigenvalue weighted by Gasteiger charge is -2.39. The second-order valence-corrected chi connectivity index (χ2v) is 6.19. The fraction of sp³-hybridized carbons (Fsp3) is 0.368. The lowest BCUT2D eigenvalue weighted by atomic mass is 10.1. The molecular weight excluding hydrogens is 346 g/mol. The summed E-state index contributed by atoms with van der Waals surface area (Å²) >= 11 is 0. The summed E-state index contributed by atoms with van der Waals surface area (Å²) in [5.74, 6) is 0.842. The molecule has 1 unspecified atom stereocenters. The van der Waals surface area contributed by atoms with Crippen LogP contribution < -0.4 is 15.0 Å². The number of piperazine rings is 1. The normalized spacial score (nSPS) is 17.0. The number of carbonyl (C=O) groups is 2. The Labute approximate surface area is 158 Å². The van der Waals surface area contributed by atoms with Crippen LogP contribution in [0, 0.1) is 0 Å². The lowest BCUT2D eigenvalue weighted by molar-refractivity contribution is -0.124. The van der Waals surface area contributed by atoms with Crippen molar-refractivity contribution in [3.05, 3.63) is 42.2 Å². The van der Waals surface area contributed by atoms with Crippen molar-refractivity contribution in [2.75, 3.05) is 37.0 Å². The van der Waals surface area contributed by atoms with Gasteiger partial charge in [0.2, 0.25) is 11.9 Å². The van der Waals surface area contributed by atoms with Gasteiger partial charge in [-0.25, -0.2) is 9.97 Å². The molecule has 3 rings (SSSR count). The van der Waals surface area contributed by atoms with Gasteiger partial charge in [-0.2, -0.15) is 0 Å². The molecule has 0 bridgehead atoms. The van der Waals surface area contributed by atoms with Gasteiger partial charge in [0.1, 0.15) is 11.8 Å². The first-order valence-electron chi connectivity index (χ1n) is 8.87. The molecule has 0 spiro atoms. The molecule has 0 saturated carbocycles. The van der Waals surface area contributed by atoms with Gasteiger partial charge >= 0.3 is 0 Å². The predicted molar refractivity (Wildman–Crippen MR) is 102 cm³/mol. The number of carbonyl (C=O) groups excluding carboxylic acids is 2. The van der Waals surface area contributed by atoms with Gasteiger partial charge in [0.15, 0.2) is 0 Å². The summed E-state index contributed by atoms with van der Waals surface area (Å²) in [6, 6.07) is 6.74. The van der Waals surface area contributed by atoms with Gasteiger partial charge in [-0.15, -0.1) is 0 Å². The molecule has 1 aliphatic heterocycles. The second-order valence-electron chi connectivity index (χ2n) is 6.19. The first kappa shape index (κ1) is 18.6. The molecule has 1 N–H and O–H groups in total. The lowest BCUT2D eigenvalue weighted by Crippen LogP contribution is -2.57. The van der Waals surface area contributed by atoms with E-state index < -0.39 is 6.04 Å². The number of rotatable bonds is 5. The van der Waals surface area contributed by atoms with E-state index >= 15 is 0 Å². The van der Waals surface area contributed by atoms with E-state index in [4.69, 9.17) is 4.74 Å². The van der Waals surface area contributed by atoms with E-state index in [9.17, 15) is 9.59 Å². The zero-order valence-corrected chi connectivity index (χ0v) is 15.7. The number of benzene rings is 1. The maximum atomic E-state index is 12.8. The third-order valence-corrected chi connectivity index (χ3v) is 4.53. The molecule has 1 aliphatic rings. The number of nitrogens with zero attached hydrogens (tertiary/aromatic N) is 4. The standard InChI is InChI=1S/C19H23N5O3/c1-4-20-19-21-11-14(12-22-19)18(26)23-9-10-24(17(25)13(23)2)15-5-7-16(27-3)8-6-15/h5-8,11-13H,4,9-10H2,1-3H3,(H,20,21,22). The van der Waals surface area contributed by atoms with E-state index in [1.54, 1.807) is 23.8 Å². The summed E-state index contributed by atoms with van der Waals surface area (Å²) in [6.45, 7) is 5.25. The van der Waals surface area contributed by atoms with E-state index in [-0.39, 0.29) is 11.8 Å². The highest BCUT2D eigenvalue weighted by Gasteiger charge is 2.35. The Morgan fingerprint density at radius 1 is 1.22 bits per heavy atom. The number of hydrogen-bond donors (Lipinski definition) is 1. The molecule has 1 saturated heterocycles. The molecule has 0 radical (unpaired) electrons. The van der Waals surface area contributed by atoms with E-state index in [0.717, 1.165) is 11.4 Å². The van der Waals surface area contributed by atoms with E-state index in [1.807, 2.05) is 31.2 Å². The average Bonchev–Trinajstić information content (AvgIpc) is 2.70. The van der Waals surface area contributed by atoms with Gasteiger partial charge in [-0.3, -0.25) is 9.59 Å². The summed E-state index contributed by atoms with van der Waals surface area (Å²) in [5.41, 5.74) is 1.16. The van der Waals surface area contributed by atoms with Crippen molar-refractivity contribution >= 4 is 23.5 Å². The van der Waals surface area contributed by atoms with E-state index in [2.05, 4.69) is 15.3 Å². The number of nitrogens with one attached hydrogen (secondary N) is 1. The molecular formula is C19H23N5O3. The summed E-state index contributed by atoms with van der Waals surface area (Å²) < 4.78 is 5.15. The molecule has 1 atom stereocenters. The maximum absolute atomic E-state index is 12.8. The highest BCUT2D eigenvalue weighted by Crippen LogP contribution is 2.24. The van der Waals surface area contributed by atoms with Gasteiger partial charge in [0.05, 0.1) is 12.7 Å². The fourth-order valence-corrected chi connectivity index (χ4v) is 3.02. The number of anilines is 2. The monoisotopic (exact) mass is 369 g/mol. The van der Waals surface area contributed by atoms with Crippen LogP contribution in [-0.4, -0.2) is 59.5 Å². The van der Waals surface area contributed by atoms with Gasteiger partial charge in [-0.1, -0.05) is 0 Å². The molecule has 8 heteroatoms. The van der Waals surface area contributed by atoms with Crippen LogP contribution in [0.3, 0.4) is 0 Å². The molecule has 2 heterocycles. The first-order chi connectivity index (χ1) is 13.0. The summed E-state index contributed by atoms with van der Waals surface area (Å²) in [4.78, 5) is 37.1. The van der Waals surface area contributed by atoms with Crippen molar-refractivity contribution < 1.29 is 14.3 Å². The number of hydrogen-bond acceptors (Lipinski definition) is 6. The van der Waals surface area contributed by atoms with Crippen LogP contribution in [0.25, 0.3) is 0 Å². The average molecular weight is 369 g/mol. The largest absolute Gasteiger partial charge is 0.497 e. The summed E-state index contributed by atoms with van der Waals surface area (Å²) in [7, 11) is 1.60. The molecule has 8 nitrogen and oxygen atoms in total. The molecule has 1 aromatic heterocycles.